The average molecular weight is 1530 g/mol. The van der Waals surface area contributed by atoms with Crippen molar-refractivity contribution in [3.63, 3.8) is 0 Å². The number of aliphatic carboxylic acids is 2. The summed E-state index contributed by atoms with van der Waals surface area (Å²) in [4.78, 5) is 201. The van der Waals surface area contributed by atoms with Crippen LogP contribution in [0.15, 0.2) is 65.8 Å². The number of guanidine groups is 1. The molecule has 1 aliphatic heterocycles. The molecule has 1 aromatic heterocycles. The zero-order valence-electron chi connectivity index (χ0n) is 62.9. The first-order chi connectivity index (χ1) is 51.6. The number of H-pyrrole nitrogens is 1. The van der Waals surface area contributed by atoms with E-state index >= 15 is 0 Å². The van der Waals surface area contributed by atoms with Gasteiger partial charge in [0, 0.05) is 43.0 Å². The Hall–Kier alpha value is -10.4. The van der Waals surface area contributed by atoms with Gasteiger partial charge in [0.1, 0.15) is 66.5 Å². The summed E-state index contributed by atoms with van der Waals surface area (Å²) in [6.45, 7) is 9.58. The highest BCUT2D eigenvalue weighted by Crippen LogP contribution is 2.23. The molecule has 0 radical (unpaired) electrons. The van der Waals surface area contributed by atoms with Crippen molar-refractivity contribution < 1.29 is 87.5 Å². The number of hydrogen-bond donors (Lipinski definition) is 21. The third kappa shape index (κ3) is 30.3. The van der Waals surface area contributed by atoms with E-state index in [0.29, 0.717) is 30.4 Å². The molecule has 4 rings (SSSR count). The number of aliphatic imine (C=N–C) groups is 1. The van der Waals surface area contributed by atoms with Crippen molar-refractivity contribution in [1.29, 1.82) is 0 Å². The van der Waals surface area contributed by atoms with E-state index in [2.05, 4.69) is 68.5 Å². The lowest BCUT2D eigenvalue weighted by molar-refractivity contribution is -0.146. The van der Waals surface area contributed by atoms with Gasteiger partial charge in [0.15, 0.2) is 5.96 Å². The normalized spacial score (nSPS) is 16.0. The highest BCUT2D eigenvalue weighted by molar-refractivity contribution is 6.00. The Morgan fingerprint density at radius 2 is 1.06 bits per heavy atom. The molecule has 109 heavy (non-hydrogen) atoms. The molecule has 37 nitrogen and oxygen atoms in total. The summed E-state index contributed by atoms with van der Waals surface area (Å²) >= 11 is 0. The molecule has 37 heteroatoms. The first kappa shape index (κ1) is 91.0. The van der Waals surface area contributed by atoms with Crippen molar-refractivity contribution in [2.45, 2.75) is 217 Å². The first-order valence-corrected chi connectivity index (χ1v) is 36.8. The van der Waals surface area contributed by atoms with Crippen LogP contribution in [0.5, 0.6) is 0 Å². The van der Waals surface area contributed by atoms with Gasteiger partial charge in [0.25, 0.3) is 0 Å². The van der Waals surface area contributed by atoms with E-state index in [0.717, 1.165) is 22.7 Å². The maximum atomic E-state index is 14.6. The fourth-order valence-corrected chi connectivity index (χ4v) is 12.1. The number of nitrogens with zero attached hydrogens (tertiary/aromatic N) is 2. The van der Waals surface area contributed by atoms with Crippen LogP contribution < -0.4 is 87.2 Å². The van der Waals surface area contributed by atoms with Gasteiger partial charge in [-0.1, -0.05) is 90.1 Å². The first-order valence-electron chi connectivity index (χ1n) is 36.8. The number of para-hydroxylation sites is 1. The predicted molar refractivity (Wildman–Crippen MR) is 401 cm³/mol. The maximum absolute atomic E-state index is 14.6. The lowest BCUT2D eigenvalue weighted by Gasteiger charge is -2.31. The number of aliphatic hydroxyl groups is 2. The van der Waals surface area contributed by atoms with Crippen LogP contribution in [-0.2, 0) is 80.0 Å². The molecule has 1 saturated heterocycles. The van der Waals surface area contributed by atoms with Gasteiger partial charge in [0.2, 0.25) is 70.9 Å². The van der Waals surface area contributed by atoms with E-state index in [1.165, 1.54) is 13.8 Å². The molecule has 1 aliphatic rings. The number of rotatable bonds is 48. The summed E-state index contributed by atoms with van der Waals surface area (Å²) in [5.74, 6) is -15.7. The number of carbonyl (C=O) groups is 14. The summed E-state index contributed by atoms with van der Waals surface area (Å²) in [7, 11) is 0. The number of carboxylic acid groups (broad SMARTS) is 2. The molecule has 26 N–H and O–H groups in total. The molecule has 1 fully saturated rings. The van der Waals surface area contributed by atoms with Crippen molar-refractivity contribution in [3.8, 4) is 0 Å². The van der Waals surface area contributed by atoms with Crippen LogP contribution in [0.2, 0.25) is 0 Å². The molecular weight excluding hydrogens is 1420 g/mol. The summed E-state index contributed by atoms with van der Waals surface area (Å²) < 4.78 is 0. The van der Waals surface area contributed by atoms with Crippen LogP contribution in [-0.4, -0.2) is 237 Å². The van der Waals surface area contributed by atoms with Gasteiger partial charge in [-0.15, -0.1) is 0 Å². The summed E-state index contributed by atoms with van der Waals surface area (Å²) in [6, 6.07) is -1.76. The number of unbranched alkanes of at least 4 members (excludes halogenated alkanes) is 2. The molecule has 0 saturated carbocycles. The Morgan fingerprint density at radius 1 is 0.560 bits per heavy atom. The van der Waals surface area contributed by atoms with Gasteiger partial charge in [-0.05, 0) is 126 Å². The smallest absolute Gasteiger partial charge is 0.326 e. The topological polar surface area (TPSA) is 614 Å². The highest BCUT2D eigenvalue weighted by atomic mass is 16.4. The second-order valence-electron chi connectivity index (χ2n) is 28.2. The van der Waals surface area contributed by atoms with Crippen LogP contribution in [0.1, 0.15) is 137 Å². The van der Waals surface area contributed by atoms with E-state index < -0.39 is 193 Å². The zero-order valence-corrected chi connectivity index (χ0v) is 62.9. The molecule has 12 amide bonds. The molecule has 2 aromatic carbocycles. The van der Waals surface area contributed by atoms with E-state index in [-0.39, 0.29) is 102 Å². The fourth-order valence-electron chi connectivity index (χ4n) is 12.1. The van der Waals surface area contributed by atoms with Crippen molar-refractivity contribution in [3.05, 3.63) is 71.9 Å². The number of benzene rings is 2. The van der Waals surface area contributed by atoms with E-state index in [9.17, 15) is 87.5 Å². The Balaban J connectivity index is 1.51. The molecule has 0 aliphatic carbocycles. The van der Waals surface area contributed by atoms with Crippen LogP contribution in [0.4, 0.5) is 0 Å². The Kier molecular flexibility index (Phi) is 38.5. The van der Waals surface area contributed by atoms with Crippen LogP contribution in [0, 0.1) is 17.8 Å². The van der Waals surface area contributed by atoms with Crippen LogP contribution >= 0.6 is 0 Å². The summed E-state index contributed by atoms with van der Waals surface area (Å²) in [5, 5.41) is 69.8. The number of likely N-dealkylation sites (tertiary alicyclic amines) is 1. The maximum Gasteiger partial charge on any atom is 0.326 e. The number of aliphatic hydroxyl groups excluding tert-OH is 2. The Labute approximate surface area is 632 Å². The second-order valence-corrected chi connectivity index (χ2v) is 28.2. The van der Waals surface area contributed by atoms with Crippen molar-refractivity contribution in [2.24, 2.45) is 51.4 Å². The van der Waals surface area contributed by atoms with Crippen molar-refractivity contribution in [2.75, 3.05) is 39.3 Å². The van der Waals surface area contributed by atoms with Gasteiger partial charge >= 0.3 is 11.9 Å². The zero-order chi connectivity index (χ0) is 81.2. The standard InChI is InChI=1S/C72H113N19O18/c1-38(2)31-45(75)60(97)87-53(37-92)65(102)88-57(39(3)4)67(104)80-36-55(94)81-47(25-17-29-78-72(76)77)63(100)89-58(40(5)6)68(105)90-59(41(7)93)69(106)85-51(34-56(95)96)70(107)91-30-18-26-54(91)66(103)83-49(24-14-16-28-74)61(98)82-48(23-13-15-27-73)62(99)84-50(32-42-19-9-8-10-20-42)64(101)86-52(71(108)109)33-43-35-79-46-22-12-11-21-44(43)46/h8-12,19-22,35,38-41,45,47-54,57-59,79,92-93H,13-18,23-34,36-37,73-75H2,1-7H3,(H,80,104)(H,81,94)(H,82,98)(H,83,103)(H,84,99)(H,85,106)(H,86,101)(H,87,97)(H,88,102)(H,89,100)(H,90,105)(H,95,96)(H,108,109)(H4,76,77,78)/t41-,45+,47+,48+,49+,50+,51+,52+,53+,54+,57+,58+,59+/m1/s1. The number of hydrogen-bond acceptors (Lipinski definition) is 20. The number of carboxylic acids is 2. The van der Waals surface area contributed by atoms with E-state index in [1.807, 2.05) is 26.0 Å². The van der Waals surface area contributed by atoms with Crippen molar-refractivity contribution in [1.82, 2.24) is 68.4 Å². The SMILES string of the molecule is CC(C)C[C@H](N)C(=O)N[C@@H](CO)C(=O)N[C@H](C(=O)NCC(=O)N[C@@H](CCCN=C(N)N)C(=O)N[C@H](C(=O)N[C@H](C(=O)N[C@@H](CC(=O)O)C(=O)N1CCC[C@H]1C(=O)N[C@@H](CCCCN)C(=O)N[C@@H](CCCCN)C(=O)N[C@@H](Cc1ccccc1)C(=O)N[C@@H](Cc1c[nH]c2ccccc12)C(=O)O)[C@@H](C)O)C(C)C)C(C)C. The average Bonchev–Trinajstić information content (AvgIpc) is 1.73. The van der Waals surface area contributed by atoms with Gasteiger partial charge in [-0.25, -0.2) is 4.79 Å². The number of amides is 12. The highest BCUT2D eigenvalue weighted by Gasteiger charge is 2.42. The molecule has 3 aromatic rings. The quantitative estimate of drug-likeness (QED) is 0.0145. The Bertz CT molecular complexity index is 3590. The third-order valence-electron chi connectivity index (χ3n) is 18.1. The lowest BCUT2D eigenvalue weighted by atomic mass is 10.0. The van der Waals surface area contributed by atoms with Gasteiger partial charge in [-0.2, -0.15) is 0 Å². The number of nitrogens with one attached hydrogen (secondary N) is 12. The lowest BCUT2D eigenvalue weighted by Crippen LogP contribution is -2.62. The second kappa shape index (κ2) is 46.1. The predicted octanol–water partition coefficient (Wildman–Crippen LogP) is -4.16. The van der Waals surface area contributed by atoms with E-state index in [1.54, 1.807) is 62.5 Å². The van der Waals surface area contributed by atoms with Crippen LogP contribution in [0.25, 0.3) is 10.9 Å². The fraction of sp³-hybridized carbons (Fsp3) is 0.597. The van der Waals surface area contributed by atoms with Crippen LogP contribution in [0.3, 0.4) is 0 Å². The molecule has 604 valence electrons. The molecule has 0 bridgehead atoms. The minimum atomic E-state index is -1.95. The number of aromatic amines is 1. The molecule has 2 heterocycles. The van der Waals surface area contributed by atoms with Gasteiger partial charge in [0.05, 0.1) is 31.7 Å². The molecule has 13 atom stereocenters. The minimum Gasteiger partial charge on any atom is -0.481 e. The van der Waals surface area contributed by atoms with Gasteiger partial charge < -0.3 is 117 Å². The van der Waals surface area contributed by atoms with Crippen molar-refractivity contribution >= 4 is 99.7 Å². The molecule has 0 unspecified atom stereocenters. The monoisotopic (exact) mass is 1530 g/mol. The largest absolute Gasteiger partial charge is 0.481 e. The Morgan fingerprint density at radius 3 is 1.63 bits per heavy atom. The number of nitrogens with two attached hydrogens (primary N) is 5. The molecule has 0 spiro atoms. The van der Waals surface area contributed by atoms with Gasteiger partial charge in [-0.3, -0.25) is 67.3 Å². The molecular formula is C72H113N19O18. The third-order valence-corrected chi connectivity index (χ3v) is 18.1. The number of fused-ring (bicyclic) bond motifs is 1. The number of aromatic nitrogens is 1. The number of carbonyl (C=O) groups excluding carboxylic acids is 12. The summed E-state index contributed by atoms with van der Waals surface area (Å²) in [6.07, 6.45) is 0.276. The summed E-state index contributed by atoms with van der Waals surface area (Å²) in [5.41, 5.74) is 30.6. The minimum absolute atomic E-state index is 0.00796. The van der Waals surface area contributed by atoms with E-state index in [4.69, 9.17) is 28.7 Å².